The average Bonchev–Trinajstić information content (AvgIpc) is 2.41. The first kappa shape index (κ1) is 17.1. The van der Waals surface area contributed by atoms with Crippen LogP contribution >= 0.6 is 11.6 Å². The number of halogens is 1. The normalized spacial score (nSPS) is 11.0. The summed E-state index contributed by atoms with van der Waals surface area (Å²) in [7, 11) is 0. The third-order valence-corrected chi connectivity index (χ3v) is 3.48. The molecule has 0 bridgehead atoms. The lowest BCUT2D eigenvalue weighted by molar-refractivity contribution is -0.128. The monoisotopic (exact) mass is 314 g/mol. The maximum absolute atomic E-state index is 11.8. The molecule has 1 aromatic carbocycles. The topological polar surface area (TPSA) is 98.7 Å². The lowest BCUT2D eigenvalue weighted by Crippen LogP contribution is -2.41. The van der Waals surface area contributed by atoms with Crippen LogP contribution in [0.2, 0.25) is 0 Å². The Morgan fingerprint density at radius 2 is 1.62 bits per heavy atom. The van der Waals surface area contributed by atoms with Crippen molar-refractivity contribution in [1.29, 1.82) is 0 Å². The van der Waals surface area contributed by atoms with Crippen LogP contribution in [0.1, 0.15) is 24.2 Å². The van der Waals surface area contributed by atoms with Crippen molar-refractivity contribution in [3.05, 3.63) is 23.8 Å². The Bertz CT molecular complexity index is 511. The van der Waals surface area contributed by atoms with Gasteiger partial charge in [-0.25, -0.2) is 0 Å². The fourth-order valence-corrected chi connectivity index (χ4v) is 1.60. The van der Waals surface area contributed by atoms with Gasteiger partial charge in [0, 0.05) is 30.6 Å². The summed E-state index contributed by atoms with van der Waals surface area (Å²) in [5.41, 5.74) is -0.525. The van der Waals surface area contributed by atoms with Crippen molar-refractivity contribution >= 4 is 23.4 Å². The maximum Gasteiger partial charge on any atom is 0.251 e. The van der Waals surface area contributed by atoms with E-state index in [0.29, 0.717) is 0 Å². The Morgan fingerprint density at radius 3 is 2.14 bits per heavy atom. The van der Waals surface area contributed by atoms with Crippen LogP contribution in [0, 0.1) is 5.41 Å². The molecule has 0 aliphatic carbocycles. The van der Waals surface area contributed by atoms with E-state index in [2.05, 4.69) is 10.6 Å². The molecule has 0 unspecified atom stereocenters. The molecule has 2 amide bonds. The van der Waals surface area contributed by atoms with Crippen LogP contribution in [0.15, 0.2) is 18.2 Å². The molecule has 6 nitrogen and oxygen atoms in total. The minimum Gasteiger partial charge on any atom is -0.508 e. The molecule has 7 heteroatoms. The molecule has 0 radical (unpaired) electrons. The number of carbonyl (C=O) groups excluding carboxylic acids is 2. The number of carbonyl (C=O) groups is 2. The summed E-state index contributed by atoms with van der Waals surface area (Å²) in [5.74, 6) is -0.836. The highest BCUT2D eigenvalue weighted by molar-refractivity contribution is 6.19. The summed E-state index contributed by atoms with van der Waals surface area (Å²) in [6.07, 6.45) is 0. The van der Waals surface area contributed by atoms with Gasteiger partial charge in [0.1, 0.15) is 11.5 Å². The van der Waals surface area contributed by atoms with Crippen molar-refractivity contribution in [2.45, 2.75) is 13.8 Å². The zero-order valence-electron chi connectivity index (χ0n) is 11.9. The second-order valence-electron chi connectivity index (χ2n) is 5.27. The lowest BCUT2D eigenvalue weighted by atomic mass is 9.95. The minimum atomic E-state index is -0.664. The average molecular weight is 315 g/mol. The van der Waals surface area contributed by atoms with E-state index in [-0.39, 0.29) is 41.9 Å². The number of phenolic OH excluding ortho intramolecular Hbond substituents is 2. The number of rotatable bonds is 6. The van der Waals surface area contributed by atoms with Gasteiger partial charge in [-0.15, -0.1) is 11.6 Å². The molecule has 1 rings (SSSR count). The molecule has 0 spiro atoms. The van der Waals surface area contributed by atoms with Crippen LogP contribution in [-0.4, -0.2) is 41.0 Å². The van der Waals surface area contributed by atoms with Gasteiger partial charge >= 0.3 is 0 Å². The molecule has 0 fully saturated rings. The largest absolute Gasteiger partial charge is 0.508 e. The van der Waals surface area contributed by atoms with Gasteiger partial charge < -0.3 is 20.8 Å². The van der Waals surface area contributed by atoms with E-state index in [1.807, 2.05) is 0 Å². The molecule has 1 aromatic rings. The smallest absolute Gasteiger partial charge is 0.251 e. The molecule has 0 saturated heterocycles. The van der Waals surface area contributed by atoms with Crippen molar-refractivity contribution in [2.24, 2.45) is 5.41 Å². The van der Waals surface area contributed by atoms with E-state index in [1.54, 1.807) is 13.8 Å². The Balaban J connectivity index is 2.42. The van der Waals surface area contributed by atoms with E-state index in [4.69, 9.17) is 11.6 Å². The Hall–Kier alpha value is -1.95. The van der Waals surface area contributed by atoms with Crippen LogP contribution in [0.5, 0.6) is 11.5 Å². The molecular formula is C14H19ClN2O4. The van der Waals surface area contributed by atoms with Crippen molar-refractivity contribution < 1.29 is 19.8 Å². The number of hydrogen-bond acceptors (Lipinski definition) is 4. The highest BCUT2D eigenvalue weighted by Crippen LogP contribution is 2.20. The molecule has 21 heavy (non-hydrogen) atoms. The first-order valence-corrected chi connectivity index (χ1v) is 6.95. The first-order valence-electron chi connectivity index (χ1n) is 6.42. The highest BCUT2D eigenvalue weighted by Gasteiger charge is 2.25. The molecule has 0 aliphatic heterocycles. The predicted octanol–water partition coefficient (Wildman–Crippen LogP) is 1.21. The van der Waals surface area contributed by atoms with E-state index >= 15 is 0 Å². The van der Waals surface area contributed by atoms with Gasteiger partial charge in [0.05, 0.1) is 5.41 Å². The predicted molar refractivity (Wildman–Crippen MR) is 79.6 cm³/mol. The van der Waals surface area contributed by atoms with Crippen LogP contribution in [0.4, 0.5) is 0 Å². The number of nitrogens with one attached hydrogen (secondary N) is 2. The molecule has 116 valence electrons. The second-order valence-corrected chi connectivity index (χ2v) is 5.53. The lowest BCUT2D eigenvalue weighted by Gasteiger charge is -2.20. The highest BCUT2D eigenvalue weighted by atomic mass is 35.5. The number of hydrogen-bond donors (Lipinski definition) is 4. The second kappa shape index (κ2) is 7.17. The number of amides is 2. The maximum atomic E-state index is 11.8. The number of phenols is 2. The van der Waals surface area contributed by atoms with Crippen molar-refractivity contribution in [1.82, 2.24) is 10.6 Å². The standard InChI is InChI=1S/C14H19ClN2O4/c1-14(2,8-15)13(21)17-4-3-16-12(20)9-5-10(18)7-11(19)6-9/h5-7,18-19H,3-4,8H2,1-2H3,(H,16,20)(H,17,21). The summed E-state index contributed by atoms with van der Waals surface area (Å²) in [6.45, 7) is 3.93. The number of alkyl halides is 1. The van der Waals surface area contributed by atoms with Crippen LogP contribution in [0.3, 0.4) is 0 Å². The van der Waals surface area contributed by atoms with Gasteiger partial charge in [0.2, 0.25) is 5.91 Å². The Labute approximate surface area is 128 Å². The van der Waals surface area contributed by atoms with Crippen molar-refractivity contribution in [3.63, 3.8) is 0 Å². The van der Waals surface area contributed by atoms with Crippen molar-refractivity contribution in [3.8, 4) is 11.5 Å². The SMILES string of the molecule is CC(C)(CCl)C(=O)NCCNC(=O)c1cc(O)cc(O)c1. The first-order chi connectivity index (χ1) is 9.76. The third kappa shape index (κ3) is 5.15. The molecule has 0 saturated carbocycles. The zero-order valence-corrected chi connectivity index (χ0v) is 12.7. The van der Waals surface area contributed by atoms with E-state index in [9.17, 15) is 19.8 Å². The molecule has 0 aromatic heterocycles. The van der Waals surface area contributed by atoms with E-state index in [0.717, 1.165) is 6.07 Å². The van der Waals surface area contributed by atoms with Crippen molar-refractivity contribution in [2.75, 3.05) is 19.0 Å². The fraction of sp³-hybridized carbons (Fsp3) is 0.429. The Morgan fingerprint density at radius 1 is 1.10 bits per heavy atom. The minimum absolute atomic E-state index is 0.139. The van der Waals surface area contributed by atoms with E-state index < -0.39 is 11.3 Å². The van der Waals surface area contributed by atoms with Gasteiger partial charge in [-0.3, -0.25) is 9.59 Å². The molecule has 4 N–H and O–H groups in total. The molecular weight excluding hydrogens is 296 g/mol. The van der Waals surface area contributed by atoms with Crippen LogP contribution in [-0.2, 0) is 4.79 Å². The zero-order chi connectivity index (χ0) is 16.0. The van der Waals surface area contributed by atoms with E-state index in [1.165, 1.54) is 12.1 Å². The summed E-state index contributed by atoms with van der Waals surface area (Å²) < 4.78 is 0. The summed E-state index contributed by atoms with van der Waals surface area (Å²) in [6, 6.07) is 3.61. The summed E-state index contributed by atoms with van der Waals surface area (Å²) in [5, 5.41) is 23.8. The Kier molecular flexibility index (Phi) is 5.84. The summed E-state index contributed by atoms with van der Waals surface area (Å²) in [4.78, 5) is 23.5. The number of benzene rings is 1. The van der Waals surface area contributed by atoms with Gasteiger partial charge in [-0.1, -0.05) is 0 Å². The van der Waals surface area contributed by atoms with Gasteiger partial charge in [-0.05, 0) is 26.0 Å². The molecule has 0 heterocycles. The van der Waals surface area contributed by atoms with Gasteiger partial charge in [0.15, 0.2) is 0 Å². The van der Waals surface area contributed by atoms with Crippen LogP contribution in [0.25, 0.3) is 0 Å². The summed E-state index contributed by atoms with van der Waals surface area (Å²) >= 11 is 5.68. The molecule has 0 aliphatic rings. The number of aromatic hydroxyl groups is 2. The third-order valence-electron chi connectivity index (χ3n) is 2.81. The quantitative estimate of drug-likeness (QED) is 0.468. The van der Waals surface area contributed by atoms with Gasteiger partial charge in [0.25, 0.3) is 5.91 Å². The molecule has 0 atom stereocenters. The fourth-order valence-electron chi connectivity index (χ4n) is 1.48. The van der Waals surface area contributed by atoms with Crippen LogP contribution < -0.4 is 10.6 Å². The van der Waals surface area contributed by atoms with Gasteiger partial charge in [-0.2, -0.15) is 0 Å².